The van der Waals surface area contributed by atoms with Gasteiger partial charge in [-0.3, -0.25) is 9.69 Å². The van der Waals surface area contributed by atoms with E-state index in [1.54, 1.807) is 0 Å². The summed E-state index contributed by atoms with van der Waals surface area (Å²) >= 11 is 0. The first kappa shape index (κ1) is 18.9. The molecule has 1 amide bonds. The zero-order valence-corrected chi connectivity index (χ0v) is 14.7. The highest BCUT2D eigenvalue weighted by Crippen LogP contribution is 2.25. The molecule has 0 saturated carbocycles. The molecule has 0 aromatic heterocycles. The van der Waals surface area contributed by atoms with Crippen LogP contribution in [0.1, 0.15) is 52.0 Å². The second kappa shape index (κ2) is 8.44. The monoisotopic (exact) mass is 322 g/mol. The summed E-state index contributed by atoms with van der Waals surface area (Å²) in [5, 5.41) is 0. The number of likely N-dealkylation sites (tertiary alicyclic amines) is 1. The Balaban J connectivity index is 0.00000242. The number of carbonyl (C=O) groups is 1. The molecule has 1 aliphatic rings. The van der Waals surface area contributed by atoms with Gasteiger partial charge in [-0.2, -0.15) is 0 Å². The molecule has 1 saturated heterocycles. The van der Waals surface area contributed by atoms with Gasteiger partial charge in [0.2, 0.25) is 5.91 Å². The SMILES string of the molecule is CCC(=O)N=C(c1ccccc1)C(C)(C)N1CCCCC1.Cl. The van der Waals surface area contributed by atoms with E-state index in [-0.39, 0.29) is 23.9 Å². The fraction of sp³-hybridized carbons (Fsp3) is 0.556. The molecule has 0 atom stereocenters. The van der Waals surface area contributed by atoms with E-state index in [0.717, 1.165) is 24.4 Å². The summed E-state index contributed by atoms with van der Waals surface area (Å²) < 4.78 is 0. The molecular weight excluding hydrogens is 296 g/mol. The minimum atomic E-state index is -0.216. The number of halogens is 1. The van der Waals surface area contributed by atoms with Crippen LogP contribution >= 0.6 is 12.4 Å². The number of aliphatic imine (C=N–C) groups is 1. The first-order chi connectivity index (χ1) is 10.1. The second-order valence-corrected chi connectivity index (χ2v) is 6.18. The van der Waals surface area contributed by atoms with Gasteiger partial charge in [0.15, 0.2) is 0 Å². The van der Waals surface area contributed by atoms with Gasteiger partial charge in [-0.05, 0) is 45.3 Å². The van der Waals surface area contributed by atoms with E-state index in [2.05, 4.69) is 23.7 Å². The summed E-state index contributed by atoms with van der Waals surface area (Å²) in [4.78, 5) is 18.8. The fourth-order valence-electron chi connectivity index (χ4n) is 2.96. The Morgan fingerprint density at radius 1 is 1.14 bits per heavy atom. The van der Waals surface area contributed by atoms with Crippen LogP contribution in [-0.4, -0.2) is 35.1 Å². The highest BCUT2D eigenvalue weighted by molar-refractivity contribution is 6.11. The quantitative estimate of drug-likeness (QED) is 0.782. The van der Waals surface area contributed by atoms with E-state index in [4.69, 9.17) is 0 Å². The Bertz CT molecular complexity index is 505. The van der Waals surface area contributed by atoms with Crippen molar-refractivity contribution in [3.05, 3.63) is 35.9 Å². The smallest absolute Gasteiger partial charge is 0.245 e. The highest BCUT2D eigenvalue weighted by Gasteiger charge is 2.34. The zero-order chi connectivity index (χ0) is 15.3. The van der Waals surface area contributed by atoms with Crippen LogP contribution in [0.15, 0.2) is 35.3 Å². The van der Waals surface area contributed by atoms with Gasteiger partial charge in [0.1, 0.15) is 0 Å². The van der Waals surface area contributed by atoms with Gasteiger partial charge in [0.25, 0.3) is 0 Å². The number of piperidine rings is 1. The predicted molar refractivity (Wildman–Crippen MR) is 95.0 cm³/mol. The second-order valence-electron chi connectivity index (χ2n) is 6.18. The Morgan fingerprint density at radius 2 is 1.73 bits per heavy atom. The Hall–Kier alpha value is -1.19. The van der Waals surface area contributed by atoms with Crippen LogP contribution in [0.4, 0.5) is 0 Å². The van der Waals surface area contributed by atoms with Gasteiger partial charge in [0.05, 0.1) is 11.3 Å². The number of hydrogen-bond donors (Lipinski definition) is 0. The van der Waals surface area contributed by atoms with Gasteiger partial charge >= 0.3 is 0 Å². The average Bonchev–Trinajstić information content (AvgIpc) is 2.53. The molecule has 4 heteroatoms. The minimum Gasteiger partial charge on any atom is -0.293 e. The molecule has 22 heavy (non-hydrogen) atoms. The van der Waals surface area contributed by atoms with Gasteiger partial charge < -0.3 is 0 Å². The maximum atomic E-state index is 11.9. The van der Waals surface area contributed by atoms with Crippen molar-refractivity contribution in [1.29, 1.82) is 0 Å². The van der Waals surface area contributed by atoms with Crippen LogP contribution < -0.4 is 0 Å². The Kier molecular flexibility index (Phi) is 7.24. The van der Waals surface area contributed by atoms with Crippen LogP contribution in [0.3, 0.4) is 0 Å². The summed E-state index contributed by atoms with van der Waals surface area (Å²) in [7, 11) is 0. The lowest BCUT2D eigenvalue weighted by Gasteiger charge is -2.41. The average molecular weight is 323 g/mol. The maximum Gasteiger partial charge on any atom is 0.245 e. The molecule has 0 unspecified atom stereocenters. The molecule has 0 bridgehead atoms. The van der Waals surface area contributed by atoms with Gasteiger partial charge in [-0.1, -0.05) is 43.7 Å². The number of nitrogens with zero attached hydrogens (tertiary/aromatic N) is 2. The summed E-state index contributed by atoms with van der Waals surface area (Å²) in [5.74, 6) is -0.0427. The van der Waals surface area contributed by atoms with Crippen molar-refractivity contribution in [2.24, 2.45) is 4.99 Å². The van der Waals surface area contributed by atoms with Crippen molar-refractivity contribution in [2.45, 2.75) is 52.0 Å². The van der Waals surface area contributed by atoms with Crippen LogP contribution in [0, 0.1) is 0 Å². The summed E-state index contributed by atoms with van der Waals surface area (Å²) in [6.07, 6.45) is 4.21. The van der Waals surface area contributed by atoms with Gasteiger partial charge in [-0.15, -0.1) is 12.4 Å². The first-order valence-electron chi connectivity index (χ1n) is 7.98. The molecule has 1 aromatic rings. The van der Waals surface area contributed by atoms with E-state index in [1.807, 2.05) is 37.3 Å². The number of benzene rings is 1. The molecule has 1 aromatic carbocycles. The van der Waals surface area contributed by atoms with Crippen molar-refractivity contribution < 1.29 is 4.79 Å². The molecule has 0 spiro atoms. The van der Waals surface area contributed by atoms with Crippen LogP contribution in [0.2, 0.25) is 0 Å². The number of hydrogen-bond acceptors (Lipinski definition) is 2. The molecule has 0 N–H and O–H groups in total. The maximum absolute atomic E-state index is 11.9. The standard InChI is InChI=1S/C18H26N2O.ClH/c1-4-16(21)19-17(15-11-7-5-8-12-15)18(2,3)20-13-9-6-10-14-20;/h5,7-8,11-12H,4,6,9-10,13-14H2,1-3H3;1H. The number of amides is 1. The van der Waals surface area contributed by atoms with Crippen LogP contribution in [0.5, 0.6) is 0 Å². The van der Waals surface area contributed by atoms with E-state index in [9.17, 15) is 4.79 Å². The third-order valence-corrected chi connectivity index (χ3v) is 4.31. The summed E-state index contributed by atoms with van der Waals surface area (Å²) in [6.45, 7) is 8.40. The van der Waals surface area contributed by atoms with Crippen molar-refractivity contribution >= 4 is 24.0 Å². The number of carbonyl (C=O) groups excluding carboxylic acids is 1. The molecule has 122 valence electrons. The van der Waals surface area contributed by atoms with E-state index < -0.39 is 0 Å². The largest absolute Gasteiger partial charge is 0.293 e. The van der Waals surface area contributed by atoms with Gasteiger partial charge in [0, 0.05) is 6.42 Å². The lowest BCUT2D eigenvalue weighted by atomic mass is 9.88. The van der Waals surface area contributed by atoms with E-state index in [0.29, 0.717) is 6.42 Å². The normalized spacial score (nSPS) is 17.0. The highest BCUT2D eigenvalue weighted by atomic mass is 35.5. The van der Waals surface area contributed by atoms with Crippen molar-refractivity contribution in [3.8, 4) is 0 Å². The van der Waals surface area contributed by atoms with Crippen molar-refractivity contribution in [2.75, 3.05) is 13.1 Å². The zero-order valence-electron chi connectivity index (χ0n) is 13.8. The third-order valence-electron chi connectivity index (χ3n) is 4.31. The molecule has 0 aliphatic carbocycles. The topological polar surface area (TPSA) is 32.7 Å². The third kappa shape index (κ3) is 4.40. The van der Waals surface area contributed by atoms with E-state index in [1.165, 1.54) is 19.3 Å². The lowest BCUT2D eigenvalue weighted by Crippen LogP contribution is -2.52. The first-order valence-corrected chi connectivity index (χ1v) is 7.98. The molecule has 0 radical (unpaired) electrons. The molecule has 1 fully saturated rings. The molecule has 2 rings (SSSR count). The Labute approximate surface area is 140 Å². The minimum absolute atomic E-state index is 0. The number of rotatable bonds is 4. The van der Waals surface area contributed by atoms with Crippen molar-refractivity contribution in [3.63, 3.8) is 0 Å². The Morgan fingerprint density at radius 3 is 2.27 bits per heavy atom. The predicted octanol–water partition coefficient (Wildman–Crippen LogP) is 4.10. The van der Waals surface area contributed by atoms with Gasteiger partial charge in [-0.25, -0.2) is 4.99 Å². The van der Waals surface area contributed by atoms with Crippen LogP contribution in [0.25, 0.3) is 0 Å². The summed E-state index contributed by atoms with van der Waals surface area (Å²) in [5.41, 5.74) is 1.73. The molecule has 1 heterocycles. The molecule has 1 aliphatic heterocycles. The summed E-state index contributed by atoms with van der Waals surface area (Å²) in [6, 6.07) is 10.1. The molecular formula is C18H27ClN2O. The van der Waals surface area contributed by atoms with E-state index >= 15 is 0 Å². The van der Waals surface area contributed by atoms with Crippen LogP contribution in [-0.2, 0) is 4.79 Å². The lowest BCUT2D eigenvalue weighted by molar-refractivity contribution is -0.117. The fourth-order valence-corrected chi connectivity index (χ4v) is 2.96. The molecule has 3 nitrogen and oxygen atoms in total. The van der Waals surface area contributed by atoms with Crippen molar-refractivity contribution in [1.82, 2.24) is 4.90 Å².